The van der Waals surface area contributed by atoms with Gasteiger partial charge in [-0.2, -0.15) is 0 Å². The van der Waals surface area contributed by atoms with Crippen LogP contribution < -0.4 is 15.7 Å². The van der Waals surface area contributed by atoms with Crippen LogP contribution in [0.2, 0.25) is 5.02 Å². The molecule has 0 spiro atoms. The lowest BCUT2D eigenvalue weighted by Crippen LogP contribution is -2.44. The van der Waals surface area contributed by atoms with Gasteiger partial charge in [0.15, 0.2) is 6.61 Å². The average molecular weight is 485 g/mol. The molecule has 0 fully saturated rings. The molecular weight excluding hydrogens is 464 g/mol. The molecule has 0 aliphatic rings. The van der Waals surface area contributed by atoms with Gasteiger partial charge in [-0.05, 0) is 49.2 Å². The summed E-state index contributed by atoms with van der Waals surface area (Å²) in [4.78, 5) is 39.2. The molecule has 2 heterocycles. The second-order valence-corrected chi connectivity index (χ2v) is 8.32. The standard InChI is InChI=1S/C24H21ClN2O7/c1-11-12(2)24(32)34-20-8-21(17(25)7-15(11)20)33-10-22(29)27-19(23(30)31)5-13-9-26-18-4-3-14(28)6-16(13)18/h3-4,6-9,19,26,28H,5,10H2,1-2H3,(H,27,29)(H,30,31). The van der Waals surface area contributed by atoms with Crippen molar-refractivity contribution in [3.05, 3.63) is 68.7 Å². The van der Waals surface area contributed by atoms with E-state index in [-0.39, 0.29) is 28.5 Å². The van der Waals surface area contributed by atoms with Crippen molar-refractivity contribution in [2.24, 2.45) is 0 Å². The number of halogens is 1. The zero-order valence-corrected chi connectivity index (χ0v) is 19.0. The maximum atomic E-state index is 12.4. The van der Waals surface area contributed by atoms with Crippen molar-refractivity contribution in [3.63, 3.8) is 0 Å². The molecule has 0 radical (unpaired) electrons. The minimum absolute atomic E-state index is 0.00889. The smallest absolute Gasteiger partial charge is 0.339 e. The number of phenols is 1. The quantitative estimate of drug-likeness (QED) is 0.294. The number of aromatic amines is 1. The number of carbonyl (C=O) groups is 2. The number of aryl methyl sites for hydroxylation is 1. The molecule has 0 saturated heterocycles. The number of carboxylic acid groups (broad SMARTS) is 1. The number of rotatable bonds is 7. The Balaban J connectivity index is 1.47. The molecule has 1 atom stereocenters. The second kappa shape index (κ2) is 9.11. The average Bonchev–Trinajstić information content (AvgIpc) is 3.18. The number of carbonyl (C=O) groups excluding carboxylic acids is 1. The number of H-pyrrole nitrogens is 1. The highest BCUT2D eigenvalue weighted by Crippen LogP contribution is 2.31. The second-order valence-electron chi connectivity index (χ2n) is 7.91. The van der Waals surface area contributed by atoms with E-state index < -0.39 is 30.2 Å². The van der Waals surface area contributed by atoms with Gasteiger partial charge in [0.25, 0.3) is 5.91 Å². The van der Waals surface area contributed by atoms with Gasteiger partial charge in [0.2, 0.25) is 0 Å². The fourth-order valence-electron chi connectivity index (χ4n) is 3.69. The molecule has 4 N–H and O–H groups in total. The Hall–Kier alpha value is -3.98. The Morgan fingerprint density at radius 1 is 1.18 bits per heavy atom. The normalized spacial score (nSPS) is 12.1. The van der Waals surface area contributed by atoms with E-state index in [0.29, 0.717) is 21.9 Å². The lowest BCUT2D eigenvalue weighted by molar-refractivity contribution is -0.142. The Labute approximate surface area is 197 Å². The van der Waals surface area contributed by atoms with E-state index in [2.05, 4.69) is 10.3 Å². The predicted molar refractivity (Wildman–Crippen MR) is 126 cm³/mol. The summed E-state index contributed by atoms with van der Waals surface area (Å²) < 4.78 is 10.8. The van der Waals surface area contributed by atoms with Crippen molar-refractivity contribution in [1.82, 2.24) is 10.3 Å². The number of aromatic nitrogens is 1. The van der Waals surface area contributed by atoms with Crippen LogP contribution in [0.5, 0.6) is 11.5 Å². The van der Waals surface area contributed by atoms with Crippen molar-refractivity contribution < 1.29 is 29.0 Å². The molecule has 4 rings (SSSR count). The SMILES string of the molecule is Cc1c(C)c2cc(Cl)c(OCC(=O)NC(Cc3c[nH]c4ccc(O)cc34)C(=O)O)cc2oc1=O. The number of hydrogen-bond donors (Lipinski definition) is 4. The van der Waals surface area contributed by atoms with Gasteiger partial charge in [0, 0.05) is 40.5 Å². The minimum atomic E-state index is -1.23. The summed E-state index contributed by atoms with van der Waals surface area (Å²) in [6, 6.07) is 6.49. The van der Waals surface area contributed by atoms with Gasteiger partial charge >= 0.3 is 11.6 Å². The van der Waals surface area contributed by atoms with Crippen molar-refractivity contribution >= 4 is 45.3 Å². The number of aliphatic carboxylic acids is 1. The lowest BCUT2D eigenvalue weighted by Gasteiger charge is -2.15. The van der Waals surface area contributed by atoms with Gasteiger partial charge in [0.05, 0.1) is 5.02 Å². The Bertz CT molecular complexity index is 1490. The van der Waals surface area contributed by atoms with E-state index >= 15 is 0 Å². The van der Waals surface area contributed by atoms with Crippen molar-refractivity contribution in [2.45, 2.75) is 26.3 Å². The third kappa shape index (κ3) is 4.55. The predicted octanol–water partition coefficient (Wildman–Crippen LogP) is 3.44. The van der Waals surface area contributed by atoms with Crippen LogP contribution in [-0.2, 0) is 16.0 Å². The van der Waals surface area contributed by atoms with Crippen molar-refractivity contribution in [3.8, 4) is 11.5 Å². The summed E-state index contributed by atoms with van der Waals surface area (Å²) in [5.74, 6) is -1.73. The lowest BCUT2D eigenvalue weighted by atomic mass is 10.0. The van der Waals surface area contributed by atoms with Crippen LogP contribution >= 0.6 is 11.6 Å². The summed E-state index contributed by atoms with van der Waals surface area (Å²) in [5.41, 5.74) is 2.34. The molecule has 9 nitrogen and oxygen atoms in total. The van der Waals surface area contributed by atoms with Gasteiger partial charge in [-0.3, -0.25) is 4.79 Å². The number of amides is 1. The molecule has 4 aromatic rings. The fraction of sp³-hybridized carbons (Fsp3) is 0.208. The maximum Gasteiger partial charge on any atom is 0.339 e. The van der Waals surface area contributed by atoms with Crippen LogP contribution in [0.3, 0.4) is 0 Å². The van der Waals surface area contributed by atoms with E-state index in [9.17, 15) is 24.6 Å². The van der Waals surface area contributed by atoms with Gasteiger partial charge in [0.1, 0.15) is 23.1 Å². The highest BCUT2D eigenvalue weighted by Gasteiger charge is 2.23. The van der Waals surface area contributed by atoms with E-state index in [1.54, 1.807) is 32.2 Å². The third-order valence-electron chi connectivity index (χ3n) is 5.68. The summed E-state index contributed by atoms with van der Waals surface area (Å²) >= 11 is 6.28. The van der Waals surface area contributed by atoms with Crippen LogP contribution in [0.25, 0.3) is 21.9 Å². The van der Waals surface area contributed by atoms with Gasteiger partial charge in [-0.15, -0.1) is 0 Å². The zero-order valence-electron chi connectivity index (χ0n) is 18.3. The van der Waals surface area contributed by atoms with E-state index in [4.69, 9.17) is 20.8 Å². The van der Waals surface area contributed by atoms with Crippen LogP contribution in [0.15, 0.2) is 45.7 Å². The third-order valence-corrected chi connectivity index (χ3v) is 5.97. The van der Waals surface area contributed by atoms with Gasteiger partial charge < -0.3 is 29.7 Å². The summed E-state index contributed by atoms with van der Waals surface area (Å²) in [6.07, 6.45) is 1.63. The number of nitrogens with one attached hydrogen (secondary N) is 2. The van der Waals surface area contributed by atoms with Crippen LogP contribution in [0.4, 0.5) is 0 Å². The zero-order chi connectivity index (χ0) is 24.6. The Morgan fingerprint density at radius 2 is 1.94 bits per heavy atom. The first kappa shape index (κ1) is 23.2. The molecule has 1 amide bonds. The van der Waals surface area contributed by atoms with Crippen LogP contribution in [0, 0.1) is 13.8 Å². The van der Waals surface area contributed by atoms with Crippen LogP contribution in [-0.4, -0.2) is 39.7 Å². The summed E-state index contributed by atoms with van der Waals surface area (Å²) in [5, 5.41) is 23.3. The molecule has 10 heteroatoms. The summed E-state index contributed by atoms with van der Waals surface area (Å²) in [6.45, 7) is 2.93. The van der Waals surface area contributed by atoms with Crippen molar-refractivity contribution in [2.75, 3.05) is 6.61 Å². The molecule has 176 valence electrons. The topological polar surface area (TPSA) is 142 Å². The Kier molecular flexibility index (Phi) is 6.21. The first-order valence-corrected chi connectivity index (χ1v) is 10.7. The molecule has 2 aromatic carbocycles. The molecular formula is C24H21ClN2O7. The van der Waals surface area contributed by atoms with Crippen LogP contribution in [0.1, 0.15) is 16.7 Å². The number of ether oxygens (including phenoxy) is 1. The number of aromatic hydroxyl groups is 1. The molecule has 0 bridgehead atoms. The van der Waals surface area contributed by atoms with Gasteiger partial charge in [-0.25, -0.2) is 9.59 Å². The first-order chi connectivity index (χ1) is 16.1. The number of carboxylic acids is 1. The molecule has 0 aliphatic heterocycles. The monoisotopic (exact) mass is 484 g/mol. The first-order valence-electron chi connectivity index (χ1n) is 10.3. The molecule has 2 aromatic heterocycles. The minimum Gasteiger partial charge on any atom is -0.508 e. The molecule has 0 saturated carbocycles. The number of benzene rings is 2. The molecule has 34 heavy (non-hydrogen) atoms. The highest BCUT2D eigenvalue weighted by molar-refractivity contribution is 6.32. The Morgan fingerprint density at radius 3 is 2.68 bits per heavy atom. The maximum absolute atomic E-state index is 12.4. The summed E-state index contributed by atoms with van der Waals surface area (Å²) in [7, 11) is 0. The van der Waals surface area contributed by atoms with Gasteiger partial charge in [-0.1, -0.05) is 11.6 Å². The molecule has 0 aliphatic carbocycles. The largest absolute Gasteiger partial charge is 0.508 e. The van der Waals surface area contributed by atoms with E-state index in [1.165, 1.54) is 18.2 Å². The highest BCUT2D eigenvalue weighted by atomic mass is 35.5. The van der Waals surface area contributed by atoms with E-state index in [1.807, 2.05) is 0 Å². The molecule has 1 unspecified atom stereocenters. The number of phenolic OH excluding ortho intramolecular Hbond substituents is 1. The van der Waals surface area contributed by atoms with E-state index in [0.717, 1.165) is 11.1 Å². The number of hydrogen-bond acceptors (Lipinski definition) is 6. The fourth-order valence-corrected chi connectivity index (χ4v) is 3.91. The van der Waals surface area contributed by atoms with Crippen molar-refractivity contribution in [1.29, 1.82) is 0 Å². The number of fused-ring (bicyclic) bond motifs is 2.